The second-order valence-corrected chi connectivity index (χ2v) is 7.65. The monoisotopic (exact) mass is 382 g/mol. The molecule has 7 nitrogen and oxygen atoms in total. The first-order valence-electron chi connectivity index (χ1n) is 10.1. The van der Waals surface area contributed by atoms with E-state index in [1.165, 1.54) is 10.1 Å². The third kappa shape index (κ3) is 2.95. The van der Waals surface area contributed by atoms with E-state index in [0.29, 0.717) is 24.3 Å². The van der Waals surface area contributed by atoms with Gasteiger partial charge in [0.05, 0.1) is 0 Å². The minimum atomic E-state index is -0.253. The van der Waals surface area contributed by atoms with Crippen molar-refractivity contribution in [2.24, 2.45) is 7.05 Å². The molecule has 7 heteroatoms. The molecule has 0 fully saturated rings. The fourth-order valence-corrected chi connectivity index (χ4v) is 4.10. The Morgan fingerprint density at radius 1 is 1.18 bits per heavy atom. The van der Waals surface area contributed by atoms with Crippen molar-refractivity contribution in [1.29, 1.82) is 0 Å². The van der Waals surface area contributed by atoms with Gasteiger partial charge in [0.1, 0.15) is 18.8 Å². The molecule has 4 rings (SSSR count). The fourth-order valence-electron chi connectivity index (χ4n) is 4.10. The fraction of sp³-hybridized carbons (Fsp3) is 0.476. The Bertz CT molecular complexity index is 1140. The first-order chi connectivity index (χ1) is 13.5. The van der Waals surface area contributed by atoms with Crippen molar-refractivity contribution in [2.75, 3.05) is 11.4 Å². The molecule has 28 heavy (non-hydrogen) atoms. The molecule has 1 aromatic carbocycles. The second kappa shape index (κ2) is 7.30. The number of nitrogens with one attached hydrogen (secondary N) is 1. The molecule has 148 valence electrons. The first kappa shape index (κ1) is 18.5. The zero-order valence-electron chi connectivity index (χ0n) is 16.9. The molecule has 0 saturated carbocycles. The van der Waals surface area contributed by atoms with Gasteiger partial charge in [-0.25, -0.2) is 19.2 Å². The van der Waals surface area contributed by atoms with E-state index in [1.54, 1.807) is 11.6 Å². The summed E-state index contributed by atoms with van der Waals surface area (Å²) in [7, 11) is 1.73. The molecular formula is C21H28N5O2+. The number of benzene rings is 1. The van der Waals surface area contributed by atoms with Gasteiger partial charge in [-0.3, -0.25) is 13.9 Å². The van der Waals surface area contributed by atoms with E-state index in [9.17, 15) is 9.59 Å². The van der Waals surface area contributed by atoms with Crippen LogP contribution < -0.4 is 20.7 Å². The molecule has 0 unspecified atom stereocenters. The minimum Gasteiger partial charge on any atom is -0.267 e. The third-order valence-electron chi connectivity index (χ3n) is 5.63. The highest BCUT2D eigenvalue weighted by Crippen LogP contribution is 2.26. The molecule has 1 aliphatic rings. The van der Waals surface area contributed by atoms with Crippen molar-refractivity contribution >= 4 is 22.8 Å². The average molecular weight is 382 g/mol. The Labute approximate surface area is 163 Å². The van der Waals surface area contributed by atoms with Gasteiger partial charge in [0.25, 0.3) is 5.56 Å². The molecule has 0 amide bonds. The zero-order chi connectivity index (χ0) is 19.8. The van der Waals surface area contributed by atoms with Gasteiger partial charge in [-0.05, 0) is 31.0 Å². The minimum absolute atomic E-state index is 0.191. The van der Waals surface area contributed by atoms with Gasteiger partial charge in [-0.1, -0.05) is 38.3 Å². The van der Waals surface area contributed by atoms with Crippen LogP contribution in [-0.2, 0) is 20.1 Å². The summed E-state index contributed by atoms with van der Waals surface area (Å²) in [5, 5.41) is 0. The predicted molar refractivity (Wildman–Crippen MR) is 110 cm³/mol. The van der Waals surface area contributed by atoms with Gasteiger partial charge in [0.2, 0.25) is 11.2 Å². The number of aromatic nitrogens is 4. The number of nitrogens with zero attached hydrogens (tertiary/aromatic N) is 4. The maximum atomic E-state index is 13.2. The molecule has 2 aromatic heterocycles. The van der Waals surface area contributed by atoms with Gasteiger partial charge < -0.3 is 0 Å². The summed E-state index contributed by atoms with van der Waals surface area (Å²) < 4.78 is 4.98. The van der Waals surface area contributed by atoms with Crippen LogP contribution in [0.5, 0.6) is 0 Å². The van der Waals surface area contributed by atoms with Gasteiger partial charge in [-0.2, -0.15) is 0 Å². The molecule has 0 radical (unpaired) electrons. The second-order valence-electron chi connectivity index (χ2n) is 7.65. The lowest BCUT2D eigenvalue weighted by Gasteiger charge is -2.10. The van der Waals surface area contributed by atoms with Crippen molar-refractivity contribution in [3.05, 3.63) is 50.7 Å². The SMILES string of the molecule is CCCCCCn1c(=O)c2c([nH]c3[n+]2CCN3c2cccc(C)c2)n(C)c1=O. The van der Waals surface area contributed by atoms with E-state index in [1.807, 2.05) is 10.6 Å². The number of H-pyrrole nitrogens is 1. The number of hydrogen-bond donors (Lipinski definition) is 1. The topological polar surface area (TPSA) is 66.9 Å². The number of anilines is 2. The number of fused-ring (bicyclic) bond motifs is 3. The summed E-state index contributed by atoms with van der Waals surface area (Å²) in [6.45, 7) is 6.21. The van der Waals surface area contributed by atoms with Crippen molar-refractivity contribution in [3.63, 3.8) is 0 Å². The molecule has 1 aliphatic heterocycles. The number of imidazole rings is 1. The van der Waals surface area contributed by atoms with Gasteiger partial charge in [0, 0.05) is 13.6 Å². The lowest BCUT2D eigenvalue weighted by molar-refractivity contribution is -0.644. The van der Waals surface area contributed by atoms with Crippen LogP contribution in [-0.4, -0.2) is 20.7 Å². The Morgan fingerprint density at radius 3 is 2.75 bits per heavy atom. The molecular weight excluding hydrogens is 354 g/mol. The van der Waals surface area contributed by atoms with Gasteiger partial charge in [-0.15, -0.1) is 0 Å². The van der Waals surface area contributed by atoms with Gasteiger partial charge in [0.15, 0.2) is 0 Å². The average Bonchev–Trinajstić information content (AvgIpc) is 3.25. The first-order valence-corrected chi connectivity index (χ1v) is 10.1. The largest absolute Gasteiger partial charge is 0.364 e. The summed E-state index contributed by atoms with van der Waals surface area (Å²) in [5.74, 6) is 0.858. The van der Waals surface area contributed by atoms with E-state index in [4.69, 9.17) is 0 Å². The number of hydrogen-bond acceptors (Lipinski definition) is 3. The molecule has 0 spiro atoms. The Morgan fingerprint density at radius 2 is 2.00 bits per heavy atom. The van der Waals surface area contributed by atoms with Crippen LogP contribution >= 0.6 is 0 Å². The summed E-state index contributed by atoms with van der Waals surface area (Å²) in [4.78, 5) is 31.5. The number of rotatable bonds is 6. The maximum absolute atomic E-state index is 13.2. The summed E-state index contributed by atoms with van der Waals surface area (Å²) in [6, 6.07) is 8.31. The Hall–Kier alpha value is -2.83. The molecule has 1 N–H and O–H groups in total. The highest BCUT2D eigenvalue weighted by atomic mass is 16.2. The summed E-state index contributed by atoms with van der Waals surface area (Å²) in [5.41, 5.74) is 3.01. The quantitative estimate of drug-likeness (QED) is 0.526. The van der Waals surface area contributed by atoms with Crippen LogP contribution in [0.3, 0.4) is 0 Å². The van der Waals surface area contributed by atoms with Crippen LogP contribution in [0.1, 0.15) is 38.2 Å². The molecule has 0 saturated heterocycles. The van der Waals surface area contributed by atoms with E-state index in [0.717, 1.165) is 43.9 Å². The molecule has 3 heterocycles. The molecule has 0 aliphatic carbocycles. The van der Waals surface area contributed by atoms with E-state index in [-0.39, 0.29) is 11.2 Å². The van der Waals surface area contributed by atoms with Crippen molar-refractivity contribution in [3.8, 4) is 0 Å². The van der Waals surface area contributed by atoms with E-state index < -0.39 is 0 Å². The maximum Gasteiger partial charge on any atom is 0.364 e. The van der Waals surface area contributed by atoms with Crippen LogP contribution in [0.15, 0.2) is 33.9 Å². The number of aromatic amines is 1. The number of unbranched alkanes of at least 4 members (excludes halogenated alkanes) is 3. The van der Waals surface area contributed by atoms with Crippen LogP contribution in [0, 0.1) is 6.92 Å². The van der Waals surface area contributed by atoms with E-state index >= 15 is 0 Å². The zero-order valence-corrected chi connectivity index (χ0v) is 16.9. The lowest BCUT2D eigenvalue weighted by atomic mass is 10.2. The highest BCUT2D eigenvalue weighted by molar-refractivity contribution is 5.70. The summed E-state index contributed by atoms with van der Waals surface area (Å²) in [6.07, 6.45) is 4.13. The highest BCUT2D eigenvalue weighted by Gasteiger charge is 2.35. The molecule has 3 aromatic rings. The standard InChI is InChI=1S/C21H27N5O2/c1-4-5-6-7-11-26-19(27)17-18(23(3)21(26)28)22-20-24(12-13-25(17)20)16-10-8-9-15(2)14-16/h8-10,14H,4-7,11-13H2,1-3H3/p+1. The predicted octanol–water partition coefficient (Wildman–Crippen LogP) is 2.36. The summed E-state index contributed by atoms with van der Waals surface area (Å²) >= 11 is 0. The third-order valence-corrected chi connectivity index (χ3v) is 5.63. The van der Waals surface area contributed by atoms with Crippen LogP contribution in [0.4, 0.5) is 11.6 Å². The van der Waals surface area contributed by atoms with Crippen LogP contribution in [0.25, 0.3) is 11.2 Å². The van der Waals surface area contributed by atoms with Crippen molar-refractivity contribution < 1.29 is 4.57 Å². The lowest BCUT2D eigenvalue weighted by Crippen LogP contribution is -2.44. The Kier molecular flexibility index (Phi) is 4.83. The smallest absolute Gasteiger partial charge is 0.267 e. The van der Waals surface area contributed by atoms with E-state index in [2.05, 4.69) is 41.9 Å². The number of aryl methyl sites for hydroxylation is 2. The Balaban J connectivity index is 1.81. The molecule has 0 atom stereocenters. The van der Waals surface area contributed by atoms with Crippen molar-refractivity contribution in [2.45, 2.75) is 52.6 Å². The van der Waals surface area contributed by atoms with Crippen LogP contribution in [0.2, 0.25) is 0 Å². The normalized spacial score (nSPS) is 13.5. The van der Waals surface area contributed by atoms with Crippen molar-refractivity contribution in [1.82, 2.24) is 14.1 Å². The molecule has 0 bridgehead atoms. The van der Waals surface area contributed by atoms with Gasteiger partial charge >= 0.3 is 11.6 Å².